The third-order valence-electron chi connectivity index (χ3n) is 6.06. The van der Waals surface area contributed by atoms with Gasteiger partial charge in [0.05, 0.1) is 0 Å². The predicted molar refractivity (Wildman–Crippen MR) is 93.7 cm³/mol. The van der Waals surface area contributed by atoms with E-state index < -0.39 is 0 Å². The van der Waals surface area contributed by atoms with E-state index in [1.807, 2.05) is 12.1 Å². The Labute approximate surface area is 138 Å². The highest BCUT2D eigenvalue weighted by Crippen LogP contribution is 2.52. The van der Waals surface area contributed by atoms with Gasteiger partial charge in [-0.3, -0.25) is 0 Å². The maximum Gasteiger partial charge on any atom is 0.115 e. The Morgan fingerprint density at radius 3 is 2.65 bits per heavy atom. The van der Waals surface area contributed by atoms with Gasteiger partial charge in [0, 0.05) is 5.54 Å². The van der Waals surface area contributed by atoms with Crippen LogP contribution < -0.4 is 5.32 Å². The Balaban J connectivity index is 1.53. The summed E-state index contributed by atoms with van der Waals surface area (Å²) in [6.45, 7) is 1.09. The monoisotopic (exact) mass is 307 g/mol. The van der Waals surface area contributed by atoms with Crippen LogP contribution in [0.1, 0.15) is 43.2 Å². The number of aromatic hydroxyl groups is 1. The summed E-state index contributed by atoms with van der Waals surface area (Å²) in [6.07, 6.45) is 7.22. The Bertz CT molecular complexity index is 683. The molecule has 2 bridgehead atoms. The topological polar surface area (TPSA) is 32.3 Å². The first-order valence-electron chi connectivity index (χ1n) is 8.78. The lowest BCUT2D eigenvalue weighted by molar-refractivity contribution is 0.229. The summed E-state index contributed by atoms with van der Waals surface area (Å²) in [4.78, 5) is 0. The summed E-state index contributed by atoms with van der Waals surface area (Å²) in [5, 5.41) is 13.7. The number of phenols is 1. The van der Waals surface area contributed by atoms with Crippen LogP contribution in [-0.2, 0) is 11.8 Å². The van der Waals surface area contributed by atoms with Crippen molar-refractivity contribution in [3.8, 4) is 5.75 Å². The van der Waals surface area contributed by atoms with Crippen LogP contribution in [0.5, 0.6) is 5.75 Å². The fourth-order valence-electron chi connectivity index (χ4n) is 4.79. The Morgan fingerprint density at radius 2 is 1.83 bits per heavy atom. The van der Waals surface area contributed by atoms with Crippen molar-refractivity contribution in [2.75, 3.05) is 6.54 Å². The zero-order valence-electron chi connectivity index (χ0n) is 13.6. The van der Waals surface area contributed by atoms with Crippen molar-refractivity contribution in [3.63, 3.8) is 0 Å². The highest BCUT2D eigenvalue weighted by atomic mass is 16.3. The molecule has 2 aromatic rings. The van der Waals surface area contributed by atoms with Gasteiger partial charge < -0.3 is 10.4 Å². The van der Waals surface area contributed by atoms with Gasteiger partial charge in [-0.05, 0) is 73.7 Å². The molecule has 0 amide bonds. The van der Waals surface area contributed by atoms with Crippen molar-refractivity contribution in [1.29, 1.82) is 0 Å². The molecule has 2 N–H and O–H groups in total. The molecule has 0 radical (unpaired) electrons. The van der Waals surface area contributed by atoms with Crippen LogP contribution in [0, 0.1) is 0 Å². The van der Waals surface area contributed by atoms with Crippen molar-refractivity contribution in [2.24, 2.45) is 0 Å². The SMILES string of the molecule is Oc1cccc(C23CCNC(CCc4ccccc4)(CC2)C3)c1. The molecular weight excluding hydrogens is 282 g/mol. The normalized spacial score (nSPS) is 29.6. The number of fused-ring (bicyclic) bond motifs is 2. The largest absolute Gasteiger partial charge is 0.508 e. The number of hydrogen-bond acceptors (Lipinski definition) is 2. The molecule has 1 aliphatic carbocycles. The quantitative estimate of drug-likeness (QED) is 0.888. The average molecular weight is 307 g/mol. The lowest BCUT2D eigenvalue weighted by Crippen LogP contribution is -2.50. The van der Waals surface area contributed by atoms with E-state index in [1.54, 1.807) is 6.07 Å². The van der Waals surface area contributed by atoms with Gasteiger partial charge in [-0.15, -0.1) is 0 Å². The average Bonchev–Trinajstić information content (AvgIpc) is 2.86. The summed E-state index contributed by atoms with van der Waals surface area (Å²) in [5.74, 6) is 0.400. The molecule has 2 nitrogen and oxygen atoms in total. The second kappa shape index (κ2) is 5.68. The van der Waals surface area contributed by atoms with Crippen LogP contribution in [0.3, 0.4) is 0 Å². The minimum atomic E-state index is 0.265. The third kappa shape index (κ3) is 2.76. The number of rotatable bonds is 4. The van der Waals surface area contributed by atoms with Crippen molar-refractivity contribution in [2.45, 2.75) is 49.5 Å². The molecular formula is C21H25NO. The molecule has 1 heterocycles. The second-order valence-electron chi connectivity index (χ2n) is 7.45. The molecule has 1 saturated carbocycles. The van der Waals surface area contributed by atoms with E-state index in [4.69, 9.17) is 0 Å². The zero-order chi connectivity index (χ0) is 15.8. The number of aryl methyl sites for hydroxylation is 1. The van der Waals surface area contributed by atoms with Gasteiger partial charge in [-0.25, -0.2) is 0 Å². The van der Waals surface area contributed by atoms with E-state index >= 15 is 0 Å². The molecule has 4 rings (SSSR count). The Morgan fingerprint density at radius 1 is 0.957 bits per heavy atom. The fourth-order valence-corrected chi connectivity index (χ4v) is 4.79. The van der Waals surface area contributed by atoms with Crippen LogP contribution in [0.25, 0.3) is 0 Å². The van der Waals surface area contributed by atoms with Gasteiger partial charge in [0.2, 0.25) is 0 Å². The van der Waals surface area contributed by atoms with Gasteiger partial charge in [0.1, 0.15) is 5.75 Å². The van der Waals surface area contributed by atoms with Crippen LogP contribution in [0.4, 0.5) is 0 Å². The summed E-state index contributed by atoms with van der Waals surface area (Å²) >= 11 is 0. The molecule has 120 valence electrons. The minimum absolute atomic E-state index is 0.265. The summed E-state index contributed by atoms with van der Waals surface area (Å²) < 4.78 is 0. The van der Waals surface area contributed by atoms with Crippen LogP contribution in [-0.4, -0.2) is 17.2 Å². The highest BCUT2D eigenvalue weighted by molar-refractivity contribution is 5.36. The maximum absolute atomic E-state index is 9.87. The molecule has 0 spiro atoms. The fraction of sp³-hybridized carbons (Fsp3) is 0.429. The number of benzene rings is 2. The Kier molecular flexibility index (Phi) is 3.65. The smallest absolute Gasteiger partial charge is 0.115 e. The number of nitrogens with one attached hydrogen (secondary N) is 1. The van der Waals surface area contributed by atoms with Crippen LogP contribution in [0.15, 0.2) is 54.6 Å². The highest BCUT2D eigenvalue weighted by Gasteiger charge is 2.51. The summed E-state index contributed by atoms with van der Waals surface area (Å²) in [7, 11) is 0. The van der Waals surface area contributed by atoms with Gasteiger partial charge in [0.15, 0.2) is 0 Å². The molecule has 2 aromatic carbocycles. The van der Waals surface area contributed by atoms with E-state index in [9.17, 15) is 5.11 Å². The van der Waals surface area contributed by atoms with E-state index in [0.29, 0.717) is 5.75 Å². The predicted octanol–water partition coefficient (Wildman–Crippen LogP) is 4.18. The first kappa shape index (κ1) is 14.8. The van der Waals surface area contributed by atoms with Gasteiger partial charge in [-0.1, -0.05) is 42.5 Å². The number of piperidine rings is 1. The third-order valence-corrected chi connectivity index (χ3v) is 6.06. The van der Waals surface area contributed by atoms with E-state index in [0.717, 1.165) is 13.0 Å². The molecule has 2 atom stereocenters. The summed E-state index contributed by atoms with van der Waals surface area (Å²) in [5.41, 5.74) is 3.31. The lowest BCUT2D eigenvalue weighted by atomic mass is 9.71. The molecule has 2 heteroatoms. The first-order valence-corrected chi connectivity index (χ1v) is 8.78. The molecule has 2 unspecified atom stereocenters. The molecule has 2 aliphatic rings. The van der Waals surface area contributed by atoms with E-state index in [1.165, 1.54) is 43.2 Å². The Hall–Kier alpha value is -1.80. The second-order valence-corrected chi connectivity index (χ2v) is 7.45. The minimum Gasteiger partial charge on any atom is -0.508 e. The van der Waals surface area contributed by atoms with Gasteiger partial charge in [-0.2, -0.15) is 0 Å². The number of hydrogen-bond donors (Lipinski definition) is 2. The van der Waals surface area contributed by atoms with Crippen molar-refractivity contribution < 1.29 is 5.11 Å². The molecule has 23 heavy (non-hydrogen) atoms. The zero-order valence-corrected chi connectivity index (χ0v) is 13.6. The standard InChI is InChI=1S/C21H25NO/c23-19-8-4-7-18(15-19)20-11-12-21(16-20,22-14-13-20)10-9-17-5-2-1-3-6-17/h1-8,15,22-23H,9-14,16H2. The van der Waals surface area contributed by atoms with Gasteiger partial charge >= 0.3 is 0 Å². The molecule has 1 aliphatic heterocycles. The van der Waals surface area contributed by atoms with E-state index in [-0.39, 0.29) is 11.0 Å². The lowest BCUT2D eigenvalue weighted by Gasteiger charge is -2.41. The van der Waals surface area contributed by atoms with Gasteiger partial charge in [0.25, 0.3) is 0 Å². The molecule has 2 fully saturated rings. The van der Waals surface area contributed by atoms with Crippen molar-refractivity contribution in [3.05, 3.63) is 65.7 Å². The van der Waals surface area contributed by atoms with Crippen LogP contribution in [0.2, 0.25) is 0 Å². The molecule has 1 saturated heterocycles. The maximum atomic E-state index is 9.87. The number of phenolic OH excluding ortho intramolecular Hbond substituents is 1. The first-order chi connectivity index (χ1) is 11.2. The van der Waals surface area contributed by atoms with Crippen LogP contribution >= 0.6 is 0 Å². The summed E-state index contributed by atoms with van der Waals surface area (Å²) in [6, 6.07) is 18.8. The molecule has 0 aromatic heterocycles. The van der Waals surface area contributed by atoms with Crippen molar-refractivity contribution in [1.82, 2.24) is 5.32 Å². The van der Waals surface area contributed by atoms with E-state index in [2.05, 4.69) is 41.7 Å². The van der Waals surface area contributed by atoms with Crippen molar-refractivity contribution >= 4 is 0 Å².